The van der Waals surface area contributed by atoms with Crippen LogP contribution in [-0.4, -0.2) is 17.5 Å². The number of aryl methyl sites for hydroxylation is 1. The van der Waals surface area contributed by atoms with Gasteiger partial charge in [-0.25, -0.2) is 5.43 Å². The maximum atomic E-state index is 12.3. The number of carbonyl (C=O) groups is 2. The lowest BCUT2D eigenvalue weighted by molar-refractivity contribution is 0.0954. The Morgan fingerprint density at radius 2 is 1.48 bits per heavy atom. The van der Waals surface area contributed by atoms with Gasteiger partial charge in [0.1, 0.15) is 0 Å². The summed E-state index contributed by atoms with van der Waals surface area (Å²) in [6, 6.07) is 21.2. The van der Waals surface area contributed by atoms with Crippen molar-refractivity contribution in [1.29, 1.82) is 0 Å². The molecule has 29 heavy (non-hydrogen) atoms. The molecule has 0 aromatic heterocycles. The summed E-state index contributed by atoms with van der Waals surface area (Å²) < 4.78 is 0. The van der Waals surface area contributed by atoms with Crippen LogP contribution in [0.25, 0.3) is 0 Å². The summed E-state index contributed by atoms with van der Waals surface area (Å²) in [6.07, 6.45) is 0. The van der Waals surface area contributed by atoms with Crippen LogP contribution in [0.3, 0.4) is 0 Å². The monoisotopic (exact) mass is 405 g/mol. The first-order valence-electron chi connectivity index (χ1n) is 9.01. The van der Waals surface area contributed by atoms with Crippen LogP contribution in [-0.2, 0) is 0 Å². The number of anilines is 1. The maximum absolute atomic E-state index is 12.3. The third kappa shape index (κ3) is 5.53. The van der Waals surface area contributed by atoms with Gasteiger partial charge >= 0.3 is 0 Å². The first-order chi connectivity index (χ1) is 13.9. The molecule has 3 aromatic carbocycles. The summed E-state index contributed by atoms with van der Waals surface area (Å²) >= 11 is 5.84. The van der Waals surface area contributed by atoms with Crippen molar-refractivity contribution in [2.24, 2.45) is 5.10 Å². The van der Waals surface area contributed by atoms with Crippen molar-refractivity contribution >= 4 is 34.8 Å². The van der Waals surface area contributed by atoms with Gasteiger partial charge in [0.15, 0.2) is 0 Å². The second-order valence-electron chi connectivity index (χ2n) is 6.55. The minimum atomic E-state index is -0.264. The molecule has 3 aromatic rings. The van der Waals surface area contributed by atoms with Gasteiger partial charge in [-0.05, 0) is 67.9 Å². The Hall–Kier alpha value is -3.44. The first-order valence-corrected chi connectivity index (χ1v) is 9.39. The van der Waals surface area contributed by atoms with E-state index in [4.69, 9.17) is 11.6 Å². The lowest BCUT2D eigenvalue weighted by Crippen LogP contribution is -2.19. The molecule has 0 heterocycles. The predicted molar refractivity (Wildman–Crippen MR) is 117 cm³/mol. The van der Waals surface area contributed by atoms with Crippen LogP contribution >= 0.6 is 11.6 Å². The molecule has 2 N–H and O–H groups in total. The van der Waals surface area contributed by atoms with E-state index in [1.807, 2.05) is 31.2 Å². The Morgan fingerprint density at radius 1 is 0.828 bits per heavy atom. The normalized spacial score (nSPS) is 11.1. The zero-order chi connectivity index (χ0) is 20.8. The van der Waals surface area contributed by atoms with E-state index in [1.165, 1.54) is 0 Å². The smallest absolute Gasteiger partial charge is 0.271 e. The van der Waals surface area contributed by atoms with Gasteiger partial charge in [0, 0.05) is 21.8 Å². The van der Waals surface area contributed by atoms with Gasteiger partial charge < -0.3 is 5.32 Å². The molecule has 0 saturated carbocycles. The Labute approximate surface area is 174 Å². The molecule has 5 nitrogen and oxygen atoms in total. The Bertz CT molecular complexity index is 1060. The summed E-state index contributed by atoms with van der Waals surface area (Å²) in [5, 5.41) is 7.57. The fourth-order valence-corrected chi connectivity index (χ4v) is 2.78. The fourth-order valence-electron chi connectivity index (χ4n) is 2.65. The number of halogens is 1. The molecule has 0 bridgehead atoms. The topological polar surface area (TPSA) is 70.6 Å². The maximum Gasteiger partial charge on any atom is 0.271 e. The summed E-state index contributed by atoms with van der Waals surface area (Å²) in [6.45, 7) is 3.73. The fraction of sp³-hybridized carbons (Fsp3) is 0.0870. The van der Waals surface area contributed by atoms with Crippen molar-refractivity contribution in [3.63, 3.8) is 0 Å². The molecule has 0 fully saturated rings. The third-order valence-electron chi connectivity index (χ3n) is 4.27. The van der Waals surface area contributed by atoms with Gasteiger partial charge in [-0.2, -0.15) is 5.10 Å². The minimum Gasteiger partial charge on any atom is -0.322 e. The first kappa shape index (κ1) is 20.3. The van der Waals surface area contributed by atoms with Gasteiger partial charge in [-0.1, -0.05) is 41.4 Å². The van der Waals surface area contributed by atoms with E-state index in [0.29, 0.717) is 27.5 Å². The molecule has 0 atom stereocenters. The van der Waals surface area contributed by atoms with Gasteiger partial charge in [0.05, 0.1) is 5.71 Å². The standard InChI is InChI=1S/C23H20ClN3O2/c1-15-4-3-5-19(14-15)23(29)27-26-16(2)17-8-12-21(13-9-17)25-22(28)18-6-10-20(24)11-7-18/h3-14H,1-2H3,(H,25,28)(H,27,29). The second-order valence-corrected chi connectivity index (χ2v) is 6.98. The Morgan fingerprint density at radius 3 is 2.14 bits per heavy atom. The highest BCUT2D eigenvalue weighted by atomic mass is 35.5. The molecule has 0 aliphatic heterocycles. The predicted octanol–water partition coefficient (Wildman–Crippen LogP) is 5.05. The molecule has 0 radical (unpaired) electrons. The number of benzene rings is 3. The molecular weight excluding hydrogens is 386 g/mol. The van der Waals surface area contributed by atoms with Crippen molar-refractivity contribution in [2.75, 3.05) is 5.32 Å². The number of hydrogen-bond acceptors (Lipinski definition) is 3. The Balaban J connectivity index is 1.62. The molecule has 146 valence electrons. The molecular formula is C23H20ClN3O2. The number of hydrazone groups is 1. The van der Waals surface area contributed by atoms with Crippen LogP contribution in [0, 0.1) is 6.92 Å². The number of rotatable bonds is 5. The highest BCUT2D eigenvalue weighted by Crippen LogP contribution is 2.14. The van der Waals surface area contributed by atoms with Crippen LogP contribution in [0.15, 0.2) is 77.9 Å². The number of nitrogens with one attached hydrogen (secondary N) is 2. The molecule has 2 amide bonds. The average Bonchev–Trinajstić information content (AvgIpc) is 2.72. The molecule has 6 heteroatoms. The quantitative estimate of drug-likeness (QED) is 0.460. The van der Waals surface area contributed by atoms with Gasteiger partial charge in [-0.3, -0.25) is 9.59 Å². The molecule has 0 aliphatic rings. The van der Waals surface area contributed by atoms with Crippen LogP contribution < -0.4 is 10.7 Å². The van der Waals surface area contributed by atoms with Crippen LogP contribution in [0.2, 0.25) is 5.02 Å². The lowest BCUT2D eigenvalue weighted by Gasteiger charge is -2.07. The summed E-state index contributed by atoms with van der Waals surface area (Å²) in [5.74, 6) is -0.481. The number of nitrogens with zero attached hydrogens (tertiary/aromatic N) is 1. The van der Waals surface area contributed by atoms with E-state index >= 15 is 0 Å². The van der Waals surface area contributed by atoms with E-state index < -0.39 is 0 Å². The summed E-state index contributed by atoms with van der Waals surface area (Å²) in [4.78, 5) is 24.4. The van der Waals surface area contributed by atoms with Crippen molar-refractivity contribution in [2.45, 2.75) is 13.8 Å². The number of amides is 2. The van der Waals surface area contributed by atoms with E-state index in [0.717, 1.165) is 11.1 Å². The van der Waals surface area contributed by atoms with Gasteiger partial charge in [-0.15, -0.1) is 0 Å². The van der Waals surface area contributed by atoms with E-state index in [2.05, 4.69) is 15.8 Å². The highest BCUT2D eigenvalue weighted by Gasteiger charge is 2.07. The second kappa shape index (κ2) is 9.17. The molecule has 0 aliphatic carbocycles. The van der Waals surface area contributed by atoms with Crippen LogP contribution in [0.5, 0.6) is 0 Å². The van der Waals surface area contributed by atoms with E-state index in [-0.39, 0.29) is 11.8 Å². The summed E-state index contributed by atoms with van der Waals surface area (Å²) in [7, 11) is 0. The largest absolute Gasteiger partial charge is 0.322 e. The van der Waals surface area contributed by atoms with Crippen LogP contribution in [0.1, 0.15) is 38.8 Å². The number of hydrogen-bond donors (Lipinski definition) is 2. The SMILES string of the molecule is CC(=NNC(=O)c1cccc(C)c1)c1ccc(NC(=O)c2ccc(Cl)cc2)cc1. The van der Waals surface area contributed by atoms with Crippen molar-refractivity contribution in [3.05, 3.63) is 100 Å². The van der Waals surface area contributed by atoms with E-state index in [1.54, 1.807) is 55.5 Å². The Kier molecular flexibility index (Phi) is 6.42. The van der Waals surface area contributed by atoms with Gasteiger partial charge in [0.25, 0.3) is 11.8 Å². The van der Waals surface area contributed by atoms with Crippen molar-refractivity contribution < 1.29 is 9.59 Å². The highest BCUT2D eigenvalue weighted by molar-refractivity contribution is 6.30. The van der Waals surface area contributed by atoms with Crippen molar-refractivity contribution in [3.8, 4) is 0 Å². The van der Waals surface area contributed by atoms with E-state index in [9.17, 15) is 9.59 Å². The lowest BCUT2D eigenvalue weighted by atomic mass is 10.1. The molecule has 0 unspecified atom stereocenters. The van der Waals surface area contributed by atoms with Crippen molar-refractivity contribution in [1.82, 2.24) is 5.43 Å². The molecule has 0 saturated heterocycles. The zero-order valence-electron chi connectivity index (χ0n) is 16.1. The minimum absolute atomic E-state index is 0.217. The zero-order valence-corrected chi connectivity index (χ0v) is 16.8. The third-order valence-corrected chi connectivity index (χ3v) is 4.52. The van der Waals surface area contributed by atoms with Gasteiger partial charge in [0.2, 0.25) is 0 Å². The molecule has 3 rings (SSSR count). The average molecular weight is 406 g/mol. The molecule has 0 spiro atoms. The van der Waals surface area contributed by atoms with Crippen LogP contribution in [0.4, 0.5) is 5.69 Å². The number of carbonyl (C=O) groups excluding carboxylic acids is 2. The summed E-state index contributed by atoms with van der Waals surface area (Å²) in [5.41, 5.74) is 6.80.